The van der Waals surface area contributed by atoms with Gasteiger partial charge in [-0.05, 0) is 31.6 Å². The molecule has 1 saturated carbocycles. The van der Waals surface area contributed by atoms with E-state index in [2.05, 4.69) is 22.8 Å². The van der Waals surface area contributed by atoms with Crippen molar-refractivity contribution in [2.24, 2.45) is 11.0 Å². The van der Waals surface area contributed by atoms with Gasteiger partial charge in [0.2, 0.25) is 5.91 Å². The fourth-order valence-electron chi connectivity index (χ4n) is 2.90. The molecule has 0 aromatic heterocycles. The average molecular weight is 295 g/mol. The van der Waals surface area contributed by atoms with E-state index in [1.165, 1.54) is 0 Å². The average Bonchev–Trinajstić information content (AvgIpc) is 2.48. The minimum atomic E-state index is -1.20. The molecule has 0 saturated heterocycles. The van der Waals surface area contributed by atoms with Crippen LogP contribution >= 0.6 is 0 Å². The molecule has 0 atom stereocenters. The number of hydrogen-bond donors (Lipinski definition) is 3. The molecule has 3 N–H and O–H groups in total. The highest BCUT2D eigenvalue weighted by Gasteiger charge is 2.43. The number of hydrazone groups is 1. The number of rotatable bonds is 4. The van der Waals surface area contributed by atoms with Crippen molar-refractivity contribution >= 4 is 23.5 Å². The van der Waals surface area contributed by atoms with Gasteiger partial charge in [-0.1, -0.05) is 13.3 Å². The van der Waals surface area contributed by atoms with E-state index in [4.69, 9.17) is 0 Å². The standard InChI is InChI=1S/C14H21N3O4/c1-2-9-5-7-14(8-6-9,13(20)21)15-12(19)10-3-4-11(18)17-16-10/h9H,2-8H2,1H3,(H,15,19)(H,17,18)(H,20,21). The smallest absolute Gasteiger partial charge is 0.329 e. The summed E-state index contributed by atoms with van der Waals surface area (Å²) >= 11 is 0. The van der Waals surface area contributed by atoms with Crippen LogP contribution in [-0.2, 0) is 14.4 Å². The van der Waals surface area contributed by atoms with Crippen molar-refractivity contribution in [2.75, 3.05) is 0 Å². The summed E-state index contributed by atoms with van der Waals surface area (Å²) < 4.78 is 0. The summed E-state index contributed by atoms with van der Waals surface area (Å²) in [6.45, 7) is 2.09. The van der Waals surface area contributed by atoms with Crippen molar-refractivity contribution < 1.29 is 19.5 Å². The van der Waals surface area contributed by atoms with Gasteiger partial charge in [0.25, 0.3) is 5.91 Å². The minimum Gasteiger partial charge on any atom is -0.480 e. The zero-order valence-corrected chi connectivity index (χ0v) is 12.1. The van der Waals surface area contributed by atoms with Crippen LogP contribution in [0.5, 0.6) is 0 Å². The zero-order chi connectivity index (χ0) is 15.5. The third-order valence-corrected chi connectivity index (χ3v) is 4.46. The Morgan fingerprint density at radius 2 is 2.05 bits per heavy atom. The van der Waals surface area contributed by atoms with Gasteiger partial charge in [0, 0.05) is 12.8 Å². The number of carboxylic acids is 1. The van der Waals surface area contributed by atoms with Gasteiger partial charge in [-0.15, -0.1) is 0 Å². The molecule has 0 aromatic carbocycles. The molecule has 0 unspecified atom stereocenters. The van der Waals surface area contributed by atoms with E-state index in [-0.39, 0.29) is 24.5 Å². The van der Waals surface area contributed by atoms with E-state index in [0.717, 1.165) is 19.3 Å². The molecule has 0 spiro atoms. The molecule has 2 rings (SSSR count). The monoisotopic (exact) mass is 295 g/mol. The van der Waals surface area contributed by atoms with Crippen LogP contribution in [0.15, 0.2) is 5.10 Å². The molecule has 1 fully saturated rings. The van der Waals surface area contributed by atoms with Crippen LogP contribution in [-0.4, -0.2) is 34.1 Å². The Kier molecular flexibility index (Phi) is 4.59. The summed E-state index contributed by atoms with van der Waals surface area (Å²) in [5, 5.41) is 15.9. The highest BCUT2D eigenvalue weighted by Crippen LogP contribution is 2.34. The van der Waals surface area contributed by atoms with Crippen molar-refractivity contribution in [3.8, 4) is 0 Å². The number of carboxylic acid groups (broad SMARTS) is 1. The van der Waals surface area contributed by atoms with Crippen molar-refractivity contribution in [1.29, 1.82) is 0 Å². The van der Waals surface area contributed by atoms with E-state index in [0.29, 0.717) is 18.8 Å². The Balaban J connectivity index is 2.05. The van der Waals surface area contributed by atoms with E-state index < -0.39 is 17.4 Å². The molecule has 0 bridgehead atoms. The van der Waals surface area contributed by atoms with Gasteiger partial charge in [0.15, 0.2) is 0 Å². The lowest BCUT2D eigenvalue weighted by molar-refractivity contribution is -0.148. The number of nitrogens with zero attached hydrogens (tertiary/aromatic N) is 1. The molecule has 7 heteroatoms. The maximum absolute atomic E-state index is 12.2. The Bertz CT molecular complexity index is 479. The van der Waals surface area contributed by atoms with E-state index in [1.807, 2.05) is 0 Å². The molecule has 7 nitrogen and oxygen atoms in total. The van der Waals surface area contributed by atoms with Crippen LogP contribution < -0.4 is 10.7 Å². The van der Waals surface area contributed by atoms with Crippen LogP contribution in [0.4, 0.5) is 0 Å². The SMILES string of the molecule is CCC1CCC(NC(=O)C2=NNC(=O)CC2)(C(=O)O)CC1. The topological polar surface area (TPSA) is 108 Å². The Hall–Kier alpha value is -1.92. The van der Waals surface area contributed by atoms with Gasteiger partial charge in [0.05, 0.1) is 0 Å². The second-order valence-corrected chi connectivity index (χ2v) is 5.79. The lowest BCUT2D eigenvalue weighted by Crippen LogP contribution is -2.58. The van der Waals surface area contributed by atoms with Crippen LogP contribution in [0.3, 0.4) is 0 Å². The van der Waals surface area contributed by atoms with Gasteiger partial charge in [-0.3, -0.25) is 9.59 Å². The number of carbonyl (C=O) groups is 3. The predicted octanol–water partition coefficient (Wildman–Crippen LogP) is 0.792. The van der Waals surface area contributed by atoms with Gasteiger partial charge >= 0.3 is 5.97 Å². The van der Waals surface area contributed by atoms with E-state index in [9.17, 15) is 19.5 Å². The minimum absolute atomic E-state index is 0.188. The molecule has 0 radical (unpaired) electrons. The predicted molar refractivity (Wildman–Crippen MR) is 75.6 cm³/mol. The molecule has 2 amide bonds. The largest absolute Gasteiger partial charge is 0.480 e. The first-order valence-corrected chi connectivity index (χ1v) is 7.38. The van der Waals surface area contributed by atoms with Crippen molar-refractivity contribution in [2.45, 2.75) is 57.4 Å². The van der Waals surface area contributed by atoms with Gasteiger partial charge < -0.3 is 10.4 Å². The summed E-state index contributed by atoms with van der Waals surface area (Å²) in [4.78, 5) is 34.8. The van der Waals surface area contributed by atoms with E-state index >= 15 is 0 Å². The van der Waals surface area contributed by atoms with Crippen LogP contribution in [0.2, 0.25) is 0 Å². The zero-order valence-electron chi connectivity index (χ0n) is 12.1. The molecular weight excluding hydrogens is 274 g/mol. The Labute approximate surface area is 123 Å². The molecular formula is C14H21N3O4. The first-order valence-electron chi connectivity index (χ1n) is 7.38. The fourth-order valence-corrected chi connectivity index (χ4v) is 2.90. The molecule has 2 aliphatic rings. The Morgan fingerprint density at radius 1 is 1.38 bits per heavy atom. The summed E-state index contributed by atoms with van der Waals surface area (Å²) in [5.41, 5.74) is 1.24. The quantitative estimate of drug-likeness (QED) is 0.712. The lowest BCUT2D eigenvalue weighted by Gasteiger charge is -2.37. The first kappa shape index (κ1) is 15.5. The summed E-state index contributed by atoms with van der Waals surface area (Å²) in [6.07, 6.45) is 3.94. The molecule has 1 aliphatic carbocycles. The van der Waals surface area contributed by atoms with E-state index in [1.54, 1.807) is 0 Å². The second-order valence-electron chi connectivity index (χ2n) is 5.79. The summed E-state index contributed by atoms with van der Waals surface area (Å²) in [7, 11) is 0. The highest BCUT2D eigenvalue weighted by molar-refractivity contribution is 6.40. The maximum Gasteiger partial charge on any atom is 0.329 e. The number of amides is 2. The van der Waals surface area contributed by atoms with Gasteiger partial charge in [0.1, 0.15) is 11.3 Å². The van der Waals surface area contributed by atoms with Crippen LogP contribution in [0.25, 0.3) is 0 Å². The van der Waals surface area contributed by atoms with Gasteiger partial charge in [-0.25, -0.2) is 10.2 Å². The number of nitrogens with one attached hydrogen (secondary N) is 2. The highest BCUT2D eigenvalue weighted by atomic mass is 16.4. The van der Waals surface area contributed by atoms with Crippen molar-refractivity contribution in [1.82, 2.24) is 10.7 Å². The van der Waals surface area contributed by atoms with Crippen molar-refractivity contribution in [3.05, 3.63) is 0 Å². The normalized spacial score (nSPS) is 29.3. The van der Waals surface area contributed by atoms with Gasteiger partial charge in [-0.2, -0.15) is 5.10 Å². The van der Waals surface area contributed by atoms with Crippen molar-refractivity contribution in [3.63, 3.8) is 0 Å². The third-order valence-electron chi connectivity index (χ3n) is 4.46. The number of aliphatic carboxylic acids is 1. The molecule has 21 heavy (non-hydrogen) atoms. The molecule has 1 aliphatic heterocycles. The lowest BCUT2D eigenvalue weighted by atomic mass is 9.75. The third kappa shape index (κ3) is 3.40. The summed E-state index contributed by atoms with van der Waals surface area (Å²) in [5.74, 6) is -1.19. The fraction of sp³-hybridized carbons (Fsp3) is 0.714. The molecule has 116 valence electrons. The summed E-state index contributed by atoms with van der Waals surface area (Å²) in [6, 6.07) is 0. The first-order chi connectivity index (χ1) is 9.97. The van der Waals surface area contributed by atoms with Crippen LogP contribution in [0, 0.1) is 5.92 Å². The number of hydrogen-bond acceptors (Lipinski definition) is 4. The maximum atomic E-state index is 12.2. The number of carbonyl (C=O) groups excluding carboxylic acids is 2. The van der Waals surface area contributed by atoms with Crippen LogP contribution in [0.1, 0.15) is 51.9 Å². The Morgan fingerprint density at radius 3 is 2.52 bits per heavy atom. The molecule has 0 aromatic rings. The second kappa shape index (κ2) is 6.24. The molecule has 1 heterocycles.